The van der Waals surface area contributed by atoms with Gasteiger partial charge in [-0.1, -0.05) is 18.2 Å². The van der Waals surface area contributed by atoms with Crippen molar-refractivity contribution < 1.29 is 9.47 Å². The first-order valence-electron chi connectivity index (χ1n) is 13.1. The van der Waals surface area contributed by atoms with E-state index in [0.29, 0.717) is 5.92 Å². The van der Waals surface area contributed by atoms with Gasteiger partial charge in [-0.25, -0.2) is 9.67 Å². The number of likely N-dealkylation sites (tertiary alicyclic amines) is 1. The number of piperidine rings is 1. The number of aromatic amines is 1. The Morgan fingerprint density at radius 2 is 1.71 bits per heavy atom. The van der Waals surface area contributed by atoms with E-state index in [4.69, 9.17) is 9.47 Å². The first kappa shape index (κ1) is 24.2. The van der Waals surface area contributed by atoms with Crippen LogP contribution in [0.25, 0.3) is 27.8 Å². The van der Waals surface area contributed by atoms with Crippen molar-refractivity contribution in [2.45, 2.75) is 32.2 Å². The van der Waals surface area contributed by atoms with Crippen LogP contribution in [0.4, 0.5) is 0 Å². The van der Waals surface area contributed by atoms with Gasteiger partial charge in [0.15, 0.2) is 11.5 Å². The monoisotopic (exact) mass is 507 g/mol. The van der Waals surface area contributed by atoms with Gasteiger partial charge in [0.2, 0.25) is 0 Å². The summed E-state index contributed by atoms with van der Waals surface area (Å²) in [6.45, 7) is 5.40. The minimum atomic E-state index is 0.587. The number of nitrogens with zero attached hydrogens (tertiary/aromatic N) is 4. The highest BCUT2D eigenvalue weighted by atomic mass is 16.5. The minimum absolute atomic E-state index is 0.587. The van der Waals surface area contributed by atoms with Gasteiger partial charge in [-0.3, -0.25) is 4.90 Å². The lowest BCUT2D eigenvalue weighted by Crippen LogP contribution is -2.32. The van der Waals surface area contributed by atoms with E-state index >= 15 is 0 Å². The van der Waals surface area contributed by atoms with Gasteiger partial charge < -0.3 is 14.5 Å². The summed E-state index contributed by atoms with van der Waals surface area (Å²) < 4.78 is 12.7. The third kappa shape index (κ3) is 4.65. The fraction of sp³-hybridized carbons (Fsp3) is 0.290. The number of rotatable bonds is 7. The second-order valence-electron chi connectivity index (χ2n) is 10.1. The molecule has 7 nitrogen and oxygen atoms in total. The molecule has 5 aromatic rings. The predicted octanol–water partition coefficient (Wildman–Crippen LogP) is 6.12. The minimum Gasteiger partial charge on any atom is -0.493 e. The number of hydrogen-bond donors (Lipinski definition) is 1. The van der Waals surface area contributed by atoms with Gasteiger partial charge in [0.05, 0.1) is 19.9 Å². The molecule has 0 unspecified atom stereocenters. The Morgan fingerprint density at radius 3 is 2.42 bits per heavy atom. The van der Waals surface area contributed by atoms with Crippen LogP contribution in [-0.2, 0) is 6.54 Å². The average Bonchev–Trinajstić information content (AvgIpc) is 3.62. The van der Waals surface area contributed by atoms with Crippen LogP contribution in [0.1, 0.15) is 35.4 Å². The molecule has 1 aliphatic rings. The van der Waals surface area contributed by atoms with Crippen molar-refractivity contribution in [1.82, 2.24) is 24.6 Å². The number of aromatic nitrogens is 4. The molecule has 0 aliphatic carbocycles. The molecule has 0 atom stereocenters. The zero-order valence-electron chi connectivity index (χ0n) is 22.1. The SMILES string of the molecule is COc1ccc(-c2[nH]c3ccc(C4CCN(Cc5ccc(-n6cncn6)cc5)CC4)cc3c2C)cc1OC. The third-order valence-corrected chi connectivity index (χ3v) is 7.84. The number of methoxy groups -OCH3 is 2. The van der Waals surface area contributed by atoms with Crippen LogP contribution in [0, 0.1) is 6.92 Å². The summed E-state index contributed by atoms with van der Waals surface area (Å²) in [6.07, 6.45) is 5.64. The van der Waals surface area contributed by atoms with E-state index in [2.05, 4.69) is 75.4 Å². The van der Waals surface area contributed by atoms with Crippen molar-refractivity contribution >= 4 is 10.9 Å². The van der Waals surface area contributed by atoms with Gasteiger partial charge >= 0.3 is 0 Å². The van der Waals surface area contributed by atoms with E-state index < -0.39 is 0 Å². The van der Waals surface area contributed by atoms with E-state index in [1.54, 1.807) is 31.6 Å². The van der Waals surface area contributed by atoms with E-state index in [1.165, 1.54) is 40.4 Å². The van der Waals surface area contributed by atoms with Crippen LogP contribution in [0.3, 0.4) is 0 Å². The summed E-state index contributed by atoms with van der Waals surface area (Å²) >= 11 is 0. The molecule has 1 fully saturated rings. The molecular weight excluding hydrogens is 474 g/mol. The molecule has 0 spiro atoms. The Balaban J connectivity index is 1.14. The summed E-state index contributed by atoms with van der Waals surface area (Å²) in [5.41, 5.74) is 8.47. The lowest BCUT2D eigenvalue weighted by molar-refractivity contribution is 0.204. The molecule has 1 saturated heterocycles. The molecule has 0 amide bonds. The second kappa shape index (κ2) is 10.3. The molecule has 0 radical (unpaired) electrons. The normalized spacial score (nSPS) is 14.7. The zero-order chi connectivity index (χ0) is 26.1. The molecule has 2 aromatic heterocycles. The Kier molecular flexibility index (Phi) is 6.60. The first-order valence-corrected chi connectivity index (χ1v) is 13.1. The molecule has 38 heavy (non-hydrogen) atoms. The topological polar surface area (TPSA) is 68.2 Å². The van der Waals surface area contributed by atoms with Gasteiger partial charge in [0.25, 0.3) is 0 Å². The van der Waals surface area contributed by atoms with Crippen molar-refractivity contribution in [3.8, 4) is 28.4 Å². The summed E-state index contributed by atoms with van der Waals surface area (Å²) in [5.74, 6) is 2.06. The summed E-state index contributed by atoms with van der Waals surface area (Å²) in [4.78, 5) is 10.2. The van der Waals surface area contributed by atoms with Crippen molar-refractivity contribution in [3.63, 3.8) is 0 Å². The maximum atomic E-state index is 5.53. The molecule has 6 rings (SSSR count). The van der Waals surface area contributed by atoms with Gasteiger partial charge in [0.1, 0.15) is 12.7 Å². The van der Waals surface area contributed by atoms with E-state index in [9.17, 15) is 0 Å². The summed E-state index contributed by atoms with van der Waals surface area (Å²) in [5, 5.41) is 5.50. The Labute approximate surface area is 223 Å². The molecular formula is C31H33N5O2. The Bertz CT molecular complexity index is 1530. The van der Waals surface area contributed by atoms with Crippen LogP contribution in [0.5, 0.6) is 11.5 Å². The van der Waals surface area contributed by atoms with Crippen LogP contribution in [0.2, 0.25) is 0 Å². The highest BCUT2D eigenvalue weighted by Crippen LogP contribution is 2.37. The van der Waals surface area contributed by atoms with Gasteiger partial charge in [-0.2, -0.15) is 5.10 Å². The number of fused-ring (bicyclic) bond motifs is 1. The smallest absolute Gasteiger partial charge is 0.161 e. The zero-order valence-corrected chi connectivity index (χ0v) is 22.1. The van der Waals surface area contributed by atoms with Crippen LogP contribution in [0.15, 0.2) is 73.3 Å². The van der Waals surface area contributed by atoms with Crippen LogP contribution < -0.4 is 9.47 Å². The molecule has 0 saturated carbocycles. The van der Waals surface area contributed by atoms with Crippen molar-refractivity contribution in [3.05, 3.63) is 90.0 Å². The van der Waals surface area contributed by atoms with Crippen molar-refractivity contribution in [2.75, 3.05) is 27.3 Å². The largest absolute Gasteiger partial charge is 0.493 e. The van der Waals surface area contributed by atoms with Crippen LogP contribution in [-0.4, -0.2) is 52.0 Å². The first-order chi connectivity index (χ1) is 18.6. The van der Waals surface area contributed by atoms with E-state index in [1.807, 2.05) is 12.1 Å². The number of hydrogen-bond acceptors (Lipinski definition) is 5. The third-order valence-electron chi connectivity index (χ3n) is 7.84. The predicted molar refractivity (Wildman–Crippen MR) is 150 cm³/mol. The summed E-state index contributed by atoms with van der Waals surface area (Å²) in [6, 6.07) is 21.6. The highest BCUT2D eigenvalue weighted by Gasteiger charge is 2.22. The average molecular weight is 508 g/mol. The maximum Gasteiger partial charge on any atom is 0.161 e. The van der Waals surface area contributed by atoms with Crippen LogP contribution >= 0.6 is 0 Å². The molecule has 194 valence electrons. The molecule has 1 N–H and O–H groups in total. The molecule has 3 aromatic carbocycles. The number of benzene rings is 3. The molecule has 3 heterocycles. The number of H-pyrrole nitrogens is 1. The van der Waals surface area contributed by atoms with Gasteiger partial charge in [0, 0.05) is 28.7 Å². The van der Waals surface area contributed by atoms with Crippen molar-refractivity contribution in [2.24, 2.45) is 0 Å². The maximum absolute atomic E-state index is 5.53. The van der Waals surface area contributed by atoms with E-state index in [0.717, 1.165) is 48.1 Å². The fourth-order valence-electron chi connectivity index (χ4n) is 5.66. The van der Waals surface area contributed by atoms with E-state index in [-0.39, 0.29) is 0 Å². The Morgan fingerprint density at radius 1 is 0.921 bits per heavy atom. The lowest BCUT2D eigenvalue weighted by Gasteiger charge is -2.32. The lowest BCUT2D eigenvalue weighted by atomic mass is 9.88. The summed E-state index contributed by atoms with van der Waals surface area (Å²) in [7, 11) is 3.34. The molecule has 7 heteroatoms. The van der Waals surface area contributed by atoms with Crippen molar-refractivity contribution in [1.29, 1.82) is 0 Å². The standard InChI is InChI=1S/C31H33N5O2/c1-21-27-16-24(6-10-28(27)34-31(21)25-7-11-29(37-2)30(17-25)38-3)23-12-14-35(15-13-23)18-22-4-8-26(9-5-22)36-20-32-19-33-36/h4-11,16-17,19-20,23,34H,12-15,18H2,1-3H3. The number of nitrogens with one attached hydrogen (secondary N) is 1. The second-order valence-corrected chi connectivity index (χ2v) is 10.1. The Hall–Kier alpha value is -4.10. The quantitative estimate of drug-likeness (QED) is 0.287. The molecule has 0 bridgehead atoms. The van der Waals surface area contributed by atoms with Gasteiger partial charge in [-0.05, 0) is 97.9 Å². The number of aryl methyl sites for hydroxylation is 1. The molecule has 1 aliphatic heterocycles. The fourth-order valence-corrected chi connectivity index (χ4v) is 5.66. The van der Waals surface area contributed by atoms with Gasteiger partial charge in [-0.15, -0.1) is 0 Å². The number of ether oxygens (including phenoxy) is 2. The highest BCUT2D eigenvalue weighted by molar-refractivity contribution is 5.91.